The van der Waals surface area contributed by atoms with Crippen LogP contribution in [0.4, 0.5) is 0 Å². The first kappa shape index (κ1) is 15.4. The fraction of sp³-hybridized carbons (Fsp3) is 0.600. The molecule has 0 aliphatic carbocycles. The second-order valence-electron chi connectivity index (χ2n) is 4.38. The maximum atomic E-state index is 5.89. The quantitative estimate of drug-likeness (QED) is 0.728. The van der Waals surface area contributed by atoms with E-state index in [1.54, 1.807) is 0 Å². The van der Waals surface area contributed by atoms with Crippen LogP contribution < -0.4 is 10.1 Å². The molecule has 1 N–H and O–H groups in total. The largest absolute Gasteiger partial charge is 0.492 e. The highest BCUT2D eigenvalue weighted by molar-refractivity contribution is 7.99. The molecule has 3 heteroatoms. The minimum absolute atomic E-state index is 0.798. The summed E-state index contributed by atoms with van der Waals surface area (Å²) in [6.45, 7) is 11.3. The van der Waals surface area contributed by atoms with Gasteiger partial charge in [0.05, 0.1) is 6.61 Å². The summed E-state index contributed by atoms with van der Waals surface area (Å²) in [4.78, 5) is 0. The normalized spacial score (nSPS) is 10.7. The van der Waals surface area contributed by atoms with Crippen molar-refractivity contribution in [3.05, 3.63) is 28.8 Å². The predicted octanol–water partition coefficient (Wildman–Crippen LogP) is 3.54. The van der Waals surface area contributed by atoms with Gasteiger partial charge in [-0.2, -0.15) is 11.8 Å². The fourth-order valence-electron chi connectivity index (χ4n) is 1.99. The Balaban J connectivity index is 2.62. The highest BCUT2D eigenvalue weighted by Gasteiger charge is 2.06. The van der Waals surface area contributed by atoms with Crippen LogP contribution in [0.5, 0.6) is 5.75 Å². The van der Waals surface area contributed by atoms with Gasteiger partial charge >= 0.3 is 0 Å². The van der Waals surface area contributed by atoms with Crippen LogP contribution in [0.3, 0.4) is 0 Å². The SMILES string of the molecule is CCNCc1cc(C)c(OCCSCC)c(C)c1. The zero-order valence-electron chi connectivity index (χ0n) is 12.0. The number of benzene rings is 1. The molecular weight excluding hydrogens is 242 g/mol. The molecule has 0 saturated heterocycles. The monoisotopic (exact) mass is 267 g/mol. The molecule has 1 rings (SSSR count). The Morgan fingerprint density at radius 3 is 2.39 bits per heavy atom. The first-order chi connectivity index (χ1) is 8.69. The van der Waals surface area contributed by atoms with Gasteiger partial charge in [0.1, 0.15) is 5.75 Å². The zero-order valence-corrected chi connectivity index (χ0v) is 12.8. The molecular formula is C15H25NOS. The summed E-state index contributed by atoms with van der Waals surface area (Å²) in [5.74, 6) is 3.28. The third-order valence-corrected chi connectivity index (χ3v) is 3.64. The van der Waals surface area contributed by atoms with Gasteiger partial charge in [0, 0.05) is 12.3 Å². The topological polar surface area (TPSA) is 21.3 Å². The summed E-state index contributed by atoms with van der Waals surface area (Å²) in [6, 6.07) is 4.44. The Morgan fingerprint density at radius 2 is 1.83 bits per heavy atom. The third kappa shape index (κ3) is 4.91. The molecule has 0 saturated carbocycles. The molecule has 0 unspecified atom stereocenters. The Kier molecular flexibility index (Phi) is 7.21. The molecule has 0 aromatic heterocycles. The second-order valence-corrected chi connectivity index (χ2v) is 5.78. The average Bonchev–Trinajstić information content (AvgIpc) is 2.34. The number of rotatable bonds is 8. The molecule has 0 bridgehead atoms. The van der Waals surface area contributed by atoms with Crippen molar-refractivity contribution in [2.75, 3.05) is 24.7 Å². The number of aryl methyl sites for hydroxylation is 2. The van der Waals surface area contributed by atoms with Crippen molar-refractivity contribution in [3.8, 4) is 5.75 Å². The Morgan fingerprint density at radius 1 is 1.17 bits per heavy atom. The lowest BCUT2D eigenvalue weighted by Crippen LogP contribution is -2.12. The lowest BCUT2D eigenvalue weighted by Gasteiger charge is -2.14. The average molecular weight is 267 g/mol. The summed E-state index contributed by atoms with van der Waals surface area (Å²) in [7, 11) is 0. The van der Waals surface area contributed by atoms with Crippen LogP contribution in [0.15, 0.2) is 12.1 Å². The maximum absolute atomic E-state index is 5.89. The van der Waals surface area contributed by atoms with Crippen molar-refractivity contribution in [3.63, 3.8) is 0 Å². The molecule has 0 spiro atoms. The first-order valence-electron chi connectivity index (χ1n) is 6.70. The molecule has 2 nitrogen and oxygen atoms in total. The van der Waals surface area contributed by atoms with Crippen molar-refractivity contribution in [1.82, 2.24) is 5.32 Å². The van der Waals surface area contributed by atoms with E-state index in [4.69, 9.17) is 4.74 Å². The highest BCUT2D eigenvalue weighted by Crippen LogP contribution is 2.25. The van der Waals surface area contributed by atoms with Gasteiger partial charge in [-0.15, -0.1) is 0 Å². The van der Waals surface area contributed by atoms with Gasteiger partial charge in [-0.25, -0.2) is 0 Å². The molecule has 0 aliphatic heterocycles. The van der Waals surface area contributed by atoms with Crippen molar-refractivity contribution in [2.24, 2.45) is 0 Å². The third-order valence-electron chi connectivity index (χ3n) is 2.78. The first-order valence-corrected chi connectivity index (χ1v) is 7.85. The summed E-state index contributed by atoms with van der Waals surface area (Å²) in [5, 5.41) is 3.35. The number of nitrogens with one attached hydrogen (secondary N) is 1. The van der Waals surface area contributed by atoms with Crippen LogP contribution in [0.1, 0.15) is 30.5 Å². The lowest BCUT2D eigenvalue weighted by molar-refractivity contribution is 0.339. The second kappa shape index (κ2) is 8.44. The molecule has 0 heterocycles. The fourth-order valence-corrected chi connectivity index (χ4v) is 2.48. The van der Waals surface area contributed by atoms with Crippen molar-refractivity contribution in [2.45, 2.75) is 34.2 Å². The number of hydrogen-bond donors (Lipinski definition) is 1. The van der Waals surface area contributed by atoms with Gasteiger partial charge < -0.3 is 10.1 Å². The van der Waals surface area contributed by atoms with Crippen molar-refractivity contribution < 1.29 is 4.74 Å². The van der Waals surface area contributed by atoms with Crippen molar-refractivity contribution >= 4 is 11.8 Å². The van der Waals surface area contributed by atoms with E-state index < -0.39 is 0 Å². The van der Waals surface area contributed by atoms with Gasteiger partial charge in [0.15, 0.2) is 0 Å². The summed E-state index contributed by atoms with van der Waals surface area (Å²) in [6.07, 6.45) is 0. The summed E-state index contributed by atoms with van der Waals surface area (Å²) >= 11 is 1.92. The van der Waals surface area contributed by atoms with Crippen LogP contribution >= 0.6 is 11.8 Å². The van der Waals surface area contributed by atoms with E-state index >= 15 is 0 Å². The van der Waals surface area contributed by atoms with Crippen LogP contribution in [0.2, 0.25) is 0 Å². The molecule has 0 fully saturated rings. The van der Waals surface area contributed by atoms with Gasteiger partial charge in [0.2, 0.25) is 0 Å². The predicted molar refractivity (Wildman–Crippen MR) is 81.8 cm³/mol. The highest BCUT2D eigenvalue weighted by atomic mass is 32.2. The Hall–Kier alpha value is -0.670. The van der Waals surface area contributed by atoms with Gasteiger partial charge in [-0.05, 0) is 42.8 Å². The van der Waals surface area contributed by atoms with E-state index in [-0.39, 0.29) is 0 Å². The van der Waals surface area contributed by atoms with E-state index in [0.717, 1.165) is 37.0 Å². The van der Waals surface area contributed by atoms with Crippen LogP contribution in [0.25, 0.3) is 0 Å². The number of ether oxygens (including phenoxy) is 1. The zero-order chi connectivity index (χ0) is 13.4. The van der Waals surface area contributed by atoms with Crippen LogP contribution in [-0.4, -0.2) is 24.7 Å². The molecule has 0 amide bonds. The van der Waals surface area contributed by atoms with Gasteiger partial charge in [-0.3, -0.25) is 0 Å². The molecule has 0 atom stereocenters. The number of thioether (sulfide) groups is 1. The smallest absolute Gasteiger partial charge is 0.125 e. The van der Waals surface area contributed by atoms with Gasteiger partial charge in [0.25, 0.3) is 0 Å². The van der Waals surface area contributed by atoms with Crippen LogP contribution in [0, 0.1) is 13.8 Å². The van der Waals surface area contributed by atoms with E-state index in [9.17, 15) is 0 Å². The van der Waals surface area contributed by atoms with Gasteiger partial charge in [-0.1, -0.05) is 26.0 Å². The van der Waals surface area contributed by atoms with E-state index in [2.05, 4.69) is 45.1 Å². The van der Waals surface area contributed by atoms with E-state index in [1.165, 1.54) is 16.7 Å². The van der Waals surface area contributed by atoms with E-state index in [1.807, 2.05) is 11.8 Å². The standard InChI is InChI=1S/C15H25NOS/c1-5-16-11-14-9-12(3)15(13(4)10-14)17-7-8-18-6-2/h9-10,16H,5-8,11H2,1-4H3. The van der Waals surface area contributed by atoms with Crippen LogP contribution in [-0.2, 0) is 6.54 Å². The maximum Gasteiger partial charge on any atom is 0.125 e. The lowest BCUT2D eigenvalue weighted by atomic mass is 10.1. The Labute approximate surface area is 116 Å². The minimum atomic E-state index is 0.798. The molecule has 1 aromatic carbocycles. The minimum Gasteiger partial charge on any atom is -0.492 e. The Bertz CT molecular complexity index is 343. The molecule has 102 valence electrons. The molecule has 0 radical (unpaired) electrons. The van der Waals surface area contributed by atoms with Crippen molar-refractivity contribution in [1.29, 1.82) is 0 Å². The molecule has 18 heavy (non-hydrogen) atoms. The number of hydrogen-bond acceptors (Lipinski definition) is 3. The summed E-state index contributed by atoms with van der Waals surface area (Å²) in [5.41, 5.74) is 3.82. The summed E-state index contributed by atoms with van der Waals surface area (Å²) < 4.78 is 5.89. The van der Waals surface area contributed by atoms with E-state index in [0.29, 0.717) is 0 Å². The molecule has 1 aromatic rings. The molecule has 0 aliphatic rings.